The highest BCUT2D eigenvalue weighted by Gasteiger charge is 2.22. The SMILES string of the molecule is CC(C)N(Cc1ccc(F)c(-c2cccc3ncccc23)c1)C(=O)c1cn(C)cn1. The highest BCUT2D eigenvalue weighted by atomic mass is 19.1. The molecule has 0 aliphatic rings. The lowest BCUT2D eigenvalue weighted by Gasteiger charge is -2.26. The molecule has 5 nitrogen and oxygen atoms in total. The molecule has 2 aromatic heterocycles. The number of pyridine rings is 1. The van der Waals surface area contributed by atoms with E-state index in [4.69, 9.17) is 0 Å². The van der Waals surface area contributed by atoms with Crippen LogP contribution in [0.15, 0.2) is 67.3 Å². The molecule has 0 unspecified atom stereocenters. The Balaban J connectivity index is 1.71. The molecule has 1 amide bonds. The Bertz CT molecular complexity index is 1210. The van der Waals surface area contributed by atoms with Gasteiger partial charge in [-0.05, 0) is 49.2 Å². The van der Waals surface area contributed by atoms with Crippen molar-refractivity contribution in [3.05, 3.63) is 84.3 Å². The number of nitrogens with zero attached hydrogens (tertiary/aromatic N) is 4. The molecule has 152 valence electrons. The van der Waals surface area contributed by atoms with Crippen molar-refractivity contribution in [1.82, 2.24) is 19.4 Å². The van der Waals surface area contributed by atoms with Crippen LogP contribution in [0, 0.1) is 5.82 Å². The number of amides is 1. The average Bonchev–Trinajstić information content (AvgIpc) is 3.18. The van der Waals surface area contributed by atoms with Gasteiger partial charge in [0.25, 0.3) is 5.91 Å². The summed E-state index contributed by atoms with van der Waals surface area (Å²) in [6.45, 7) is 4.28. The highest BCUT2D eigenvalue weighted by molar-refractivity contribution is 5.95. The first-order chi connectivity index (χ1) is 14.4. The first kappa shape index (κ1) is 19.8. The second-order valence-electron chi connectivity index (χ2n) is 7.64. The third-order valence-electron chi connectivity index (χ3n) is 5.13. The maximum absolute atomic E-state index is 14.8. The molecular weight excluding hydrogens is 379 g/mol. The van der Waals surface area contributed by atoms with E-state index in [0.717, 1.165) is 22.0 Å². The lowest BCUT2D eigenvalue weighted by molar-refractivity contribution is 0.0684. The molecule has 0 radical (unpaired) electrons. The highest BCUT2D eigenvalue weighted by Crippen LogP contribution is 2.31. The van der Waals surface area contributed by atoms with E-state index < -0.39 is 0 Å². The van der Waals surface area contributed by atoms with Crippen LogP contribution in [0.3, 0.4) is 0 Å². The van der Waals surface area contributed by atoms with Crippen LogP contribution in [-0.2, 0) is 13.6 Å². The summed E-state index contributed by atoms with van der Waals surface area (Å²) < 4.78 is 16.5. The van der Waals surface area contributed by atoms with Crippen LogP contribution >= 0.6 is 0 Å². The van der Waals surface area contributed by atoms with E-state index in [0.29, 0.717) is 17.8 Å². The summed E-state index contributed by atoms with van der Waals surface area (Å²) in [7, 11) is 1.83. The Labute approximate surface area is 174 Å². The molecule has 0 aliphatic carbocycles. The van der Waals surface area contributed by atoms with Gasteiger partial charge in [0.1, 0.15) is 11.5 Å². The van der Waals surface area contributed by atoms with Crippen molar-refractivity contribution < 1.29 is 9.18 Å². The molecule has 0 atom stereocenters. The zero-order valence-electron chi connectivity index (χ0n) is 17.2. The molecule has 0 N–H and O–H groups in total. The summed E-state index contributed by atoms with van der Waals surface area (Å²) in [6.07, 6.45) is 5.04. The van der Waals surface area contributed by atoms with Crippen molar-refractivity contribution >= 4 is 16.8 Å². The maximum atomic E-state index is 14.8. The first-order valence-corrected chi connectivity index (χ1v) is 9.85. The predicted molar refractivity (Wildman–Crippen MR) is 115 cm³/mol. The van der Waals surface area contributed by atoms with Crippen LogP contribution in [0.4, 0.5) is 4.39 Å². The molecule has 0 bridgehead atoms. The number of rotatable bonds is 5. The van der Waals surface area contributed by atoms with Crippen molar-refractivity contribution in [2.24, 2.45) is 7.05 Å². The molecule has 30 heavy (non-hydrogen) atoms. The van der Waals surface area contributed by atoms with E-state index >= 15 is 0 Å². The zero-order valence-corrected chi connectivity index (χ0v) is 17.2. The molecule has 2 aromatic carbocycles. The first-order valence-electron chi connectivity index (χ1n) is 9.85. The fourth-order valence-electron chi connectivity index (χ4n) is 3.57. The Hall–Kier alpha value is -3.54. The number of carbonyl (C=O) groups excluding carboxylic acids is 1. The fourth-order valence-corrected chi connectivity index (χ4v) is 3.57. The number of hydrogen-bond donors (Lipinski definition) is 0. The summed E-state index contributed by atoms with van der Waals surface area (Å²) in [5.41, 5.74) is 3.35. The Morgan fingerprint density at radius 2 is 1.93 bits per heavy atom. The lowest BCUT2D eigenvalue weighted by atomic mass is 9.98. The van der Waals surface area contributed by atoms with Crippen molar-refractivity contribution in [2.45, 2.75) is 26.4 Å². The summed E-state index contributed by atoms with van der Waals surface area (Å²) in [6, 6.07) is 14.4. The number of halogens is 1. The van der Waals surface area contributed by atoms with Gasteiger partial charge in [-0.25, -0.2) is 9.37 Å². The summed E-state index contributed by atoms with van der Waals surface area (Å²) in [4.78, 5) is 23.3. The van der Waals surface area contributed by atoms with Crippen molar-refractivity contribution in [2.75, 3.05) is 0 Å². The molecule has 0 spiro atoms. The predicted octanol–water partition coefficient (Wildman–Crippen LogP) is 4.83. The normalized spacial score (nSPS) is 11.2. The number of carbonyl (C=O) groups is 1. The van der Waals surface area contributed by atoms with Crippen molar-refractivity contribution in [3.8, 4) is 11.1 Å². The minimum atomic E-state index is -0.303. The molecule has 2 heterocycles. The molecule has 0 saturated carbocycles. The molecule has 4 aromatic rings. The van der Waals surface area contributed by atoms with Crippen LogP contribution in [0.5, 0.6) is 0 Å². The Morgan fingerprint density at radius 3 is 2.67 bits per heavy atom. The number of fused-ring (bicyclic) bond motifs is 1. The lowest BCUT2D eigenvalue weighted by Crippen LogP contribution is -2.36. The van der Waals surface area contributed by atoms with Gasteiger partial charge in [0.05, 0.1) is 11.8 Å². The molecule has 0 fully saturated rings. The van der Waals surface area contributed by atoms with Gasteiger partial charge >= 0.3 is 0 Å². The number of aryl methyl sites for hydroxylation is 1. The maximum Gasteiger partial charge on any atom is 0.274 e. The van der Waals surface area contributed by atoms with E-state index in [1.54, 1.807) is 34.3 Å². The quantitative estimate of drug-likeness (QED) is 0.481. The monoisotopic (exact) mass is 402 g/mol. The third-order valence-corrected chi connectivity index (χ3v) is 5.13. The Morgan fingerprint density at radius 1 is 1.10 bits per heavy atom. The van der Waals surface area contributed by atoms with Crippen LogP contribution in [0.1, 0.15) is 29.9 Å². The summed E-state index contributed by atoms with van der Waals surface area (Å²) >= 11 is 0. The third kappa shape index (κ3) is 3.81. The number of aromatic nitrogens is 3. The molecule has 4 rings (SSSR count). The molecular formula is C24H23FN4O. The minimum absolute atomic E-state index is 0.0326. The van der Waals surface area contributed by atoms with Crippen molar-refractivity contribution in [1.29, 1.82) is 0 Å². The number of imidazole rings is 1. The van der Waals surface area contributed by atoms with Gasteiger partial charge in [0.2, 0.25) is 0 Å². The van der Waals surface area contributed by atoms with Crippen LogP contribution < -0.4 is 0 Å². The van der Waals surface area contributed by atoms with Crippen LogP contribution in [0.2, 0.25) is 0 Å². The molecule has 6 heteroatoms. The summed E-state index contributed by atoms with van der Waals surface area (Å²) in [5, 5.41) is 0.890. The number of benzene rings is 2. The molecule has 0 aliphatic heterocycles. The zero-order chi connectivity index (χ0) is 21.3. The number of hydrogen-bond acceptors (Lipinski definition) is 3. The van der Waals surface area contributed by atoms with Gasteiger partial charge in [-0.2, -0.15) is 0 Å². The minimum Gasteiger partial charge on any atom is -0.340 e. The average molecular weight is 402 g/mol. The summed E-state index contributed by atoms with van der Waals surface area (Å²) in [5.74, 6) is -0.451. The van der Waals surface area contributed by atoms with Gasteiger partial charge in [0, 0.05) is 43.0 Å². The topological polar surface area (TPSA) is 51.0 Å². The second-order valence-corrected chi connectivity index (χ2v) is 7.64. The van der Waals surface area contributed by atoms with E-state index in [-0.39, 0.29) is 17.8 Å². The van der Waals surface area contributed by atoms with Gasteiger partial charge in [0.15, 0.2) is 0 Å². The smallest absolute Gasteiger partial charge is 0.274 e. The van der Waals surface area contributed by atoms with Gasteiger partial charge in [-0.1, -0.05) is 24.3 Å². The van der Waals surface area contributed by atoms with Gasteiger partial charge in [-0.15, -0.1) is 0 Å². The van der Waals surface area contributed by atoms with E-state index in [2.05, 4.69) is 9.97 Å². The second kappa shape index (κ2) is 8.06. The van der Waals surface area contributed by atoms with Gasteiger partial charge in [-0.3, -0.25) is 9.78 Å². The van der Waals surface area contributed by atoms with Gasteiger partial charge < -0.3 is 9.47 Å². The largest absolute Gasteiger partial charge is 0.340 e. The standard InChI is InChI=1S/C24H23FN4O/c1-16(2)29(24(30)23-14-28(3)15-27-23)13-17-9-10-21(25)20(12-17)18-6-4-8-22-19(18)7-5-11-26-22/h4-12,14-16H,13H2,1-3H3. The van der Waals surface area contributed by atoms with E-state index in [1.165, 1.54) is 6.07 Å². The van der Waals surface area contributed by atoms with E-state index in [9.17, 15) is 9.18 Å². The van der Waals surface area contributed by atoms with Crippen LogP contribution in [-0.4, -0.2) is 31.4 Å². The van der Waals surface area contributed by atoms with E-state index in [1.807, 2.05) is 57.3 Å². The van der Waals surface area contributed by atoms with Crippen molar-refractivity contribution in [3.63, 3.8) is 0 Å². The fraction of sp³-hybridized carbons (Fsp3) is 0.208. The van der Waals surface area contributed by atoms with Crippen LogP contribution in [0.25, 0.3) is 22.0 Å². The molecule has 0 saturated heterocycles. The Kier molecular flexibility index (Phi) is 5.31.